The van der Waals surface area contributed by atoms with Gasteiger partial charge in [0.05, 0.1) is 26.4 Å². The van der Waals surface area contributed by atoms with Crippen LogP contribution in [0.2, 0.25) is 0 Å². The number of hydrogen-bond donors (Lipinski definition) is 0. The van der Waals surface area contributed by atoms with E-state index in [1.165, 1.54) is 185 Å². The summed E-state index contributed by atoms with van der Waals surface area (Å²) in [7, 11) is 0. The van der Waals surface area contributed by atoms with Crippen molar-refractivity contribution >= 4 is 21.8 Å². The smallest absolute Gasteiger partial charge is 0.119 e. The van der Waals surface area contributed by atoms with Crippen LogP contribution in [-0.2, 0) is 6.54 Å². The third-order valence-corrected chi connectivity index (χ3v) is 19.5. The first-order valence-corrected chi connectivity index (χ1v) is 36.0. The van der Waals surface area contributed by atoms with Crippen LogP contribution in [0.1, 0.15) is 191 Å². The van der Waals surface area contributed by atoms with Gasteiger partial charge in [0, 0.05) is 28.4 Å². The van der Waals surface area contributed by atoms with E-state index in [1.807, 2.05) is 0 Å². The fourth-order valence-electron chi connectivity index (χ4n) is 13.1. The number of aryl methyl sites for hydroxylation is 1. The molecule has 0 saturated heterocycles. The highest BCUT2D eigenvalue weighted by atomic mass is 16.5. The highest BCUT2D eigenvalue weighted by molar-refractivity contribution is 6.11. The van der Waals surface area contributed by atoms with Gasteiger partial charge in [-0.1, -0.05) is 219 Å². The Hall–Kier alpha value is -7.24. The van der Waals surface area contributed by atoms with Crippen LogP contribution in [0.25, 0.3) is 88.6 Å². The lowest BCUT2D eigenvalue weighted by Gasteiger charge is -2.16. The Kier molecular flexibility index (Phi) is 26.6. The monoisotopic (exact) mass is 1220 g/mol. The molecule has 5 nitrogen and oxygen atoms in total. The maximum atomic E-state index is 6.44. The van der Waals surface area contributed by atoms with Gasteiger partial charge in [-0.05, 0) is 232 Å². The first kappa shape index (κ1) is 68.1. The van der Waals surface area contributed by atoms with E-state index < -0.39 is 0 Å². The number of benzene rings is 8. The van der Waals surface area contributed by atoms with Gasteiger partial charge in [-0.25, -0.2) is 0 Å². The Bertz CT molecular complexity index is 3200. The number of fused-ring (bicyclic) bond motifs is 3. The molecule has 1 heterocycles. The third-order valence-electron chi connectivity index (χ3n) is 19.5. The lowest BCUT2D eigenvalue weighted by atomic mass is 9.92. The second-order valence-corrected chi connectivity index (χ2v) is 26.3. The lowest BCUT2D eigenvalue weighted by molar-refractivity contribution is 0.233. The highest BCUT2D eigenvalue weighted by Crippen LogP contribution is 2.41. The van der Waals surface area contributed by atoms with Crippen LogP contribution in [0.3, 0.4) is 0 Å². The largest absolute Gasteiger partial charge is 0.493 e. The van der Waals surface area contributed by atoms with Gasteiger partial charge < -0.3 is 23.5 Å². The van der Waals surface area contributed by atoms with Crippen LogP contribution in [0, 0.1) is 23.7 Å². The molecule has 482 valence electrons. The molecule has 0 radical (unpaired) electrons. The molecule has 4 atom stereocenters. The summed E-state index contributed by atoms with van der Waals surface area (Å²) in [6, 6.07) is 63.9. The molecule has 5 heteroatoms. The molecular weight excluding hydrogens is 1110 g/mol. The topological polar surface area (TPSA) is 41.9 Å². The van der Waals surface area contributed by atoms with Crippen molar-refractivity contribution in [1.82, 2.24) is 4.57 Å². The van der Waals surface area contributed by atoms with Crippen LogP contribution in [0.4, 0.5) is 0 Å². The maximum absolute atomic E-state index is 6.44. The van der Waals surface area contributed by atoms with E-state index in [2.05, 4.69) is 237 Å². The zero-order chi connectivity index (χ0) is 63.7. The predicted molar refractivity (Wildman–Crippen MR) is 391 cm³/mol. The van der Waals surface area contributed by atoms with E-state index in [4.69, 9.17) is 18.9 Å². The van der Waals surface area contributed by atoms with Gasteiger partial charge in [-0.3, -0.25) is 0 Å². The van der Waals surface area contributed by atoms with Gasteiger partial charge in [0.15, 0.2) is 0 Å². The SMILES string of the molecule is CCCCCCn1c2ccc(-c3cc(-c4ccc(OCC(CC)CCCC)cc4)cc(-c4ccc(OCC(CC)CCCC)cc4)c3)cc2c2cc(-c3cc(-c4ccc(OCC(CC)CCCC)cc4)cc(-c4ccc(OCC(CC)CCCC)cc4)c3)ccc21. The molecule has 9 aromatic rings. The molecular formula is C86H109NO4. The quantitative estimate of drug-likeness (QED) is 0.0360. The van der Waals surface area contributed by atoms with Crippen molar-refractivity contribution in [2.24, 2.45) is 23.7 Å². The van der Waals surface area contributed by atoms with E-state index >= 15 is 0 Å². The number of hydrogen-bond acceptors (Lipinski definition) is 4. The minimum Gasteiger partial charge on any atom is -0.493 e. The fraction of sp³-hybridized carbons (Fsp3) is 0.442. The first-order valence-electron chi connectivity index (χ1n) is 36.0. The van der Waals surface area contributed by atoms with Gasteiger partial charge in [-0.2, -0.15) is 0 Å². The predicted octanol–water partition coefficient (Wildman–Crippen LogP) is 25.8. The van der Waals surface area contributed by atoms with E-state index in [0.29, 0.717) is 23.7 Å². The Morgan fingerprint density at radius 1 is 0.253 bits per heavy atom. The van der Waals surface area contributed by atoms with E-state index in [1.54, 1.807) is 0 Å². The molecule has 0 spiro atoms. The van der Waals surface area contributed by atoms with Crippen molar-refractivity contribution in [3.63, 3.8) is 0 Å². The molecule has 0 aliphatic rings. The molecule has 91 heavy (non-hydrogen) atoms. The molecule has 9 rings (SSSR count). The standard InChI is InChI=1S/C86H109NO4/c1-10-19-24-25-50-87-85-48-38-71(77-53-73(67-30-40-79(41-31-67)88-59-63(15-6)26-20-11-2)51-74(54-77)68-32-42-80(43-33-68)89-60-64(16-7)27-21-12-3)57-83(85)84-58-72(39-49-86(84)87)78-55-75(69-34-44-81(45-35-69)90-61-65(17-8)28-22-13-4)52-76(56-78)70-36-46-82(47-37-70)91-62-66(18-9)29-23-14-5/h30-49,51-58,63-66H,10-29,50,59-62H2,1-9H3. The van der Waals surface area contributed by atoms with Crippen molar-refractivity contribution in [3.8, 4) is 89.8 Å². The summed E-state index contributed by atoms with van der Waals surface area (Å²) in [5, 5.41) is 2.55. The molecule has 0 N–H and O–H groups in total. The van der Waals surface area contributed by atoms with E-state index in [9.17, 15) is 0 Å². The molecule has 0 amide bonds. The van der Waals surface area contributed by atoms with Gasteiger partial charge in [0.2, 0.25) is 0 Å². The summed E-state index contributed by atoms with van der Waals surface area (Å²) >= 11 is 0. The van der Waals surface area contributed by atoms with Crippen molar-refractivity contribution < 1.29 is 18.9 Å². The van der Waals surface area contributed by atoms with Gasteiger partial charge in [-0.15, -0.1) is 0 Å². The summed E-state index contributed by atoms with van der Waals surface area (Å²) in [6.45, 7) is 24.5. The number of ether oxygens (including phenoxy) is 4. The molecule has 0 saturated carbocycles. The molecule has 4 unspecified atom stereocenters. The zero-order valence-electron chi connectivity index (χ0n) is 57.2. The van der Waals surface area contributed by atoms with Crippen LogP contribution >= 0.6 is 0 Å². The third kappa shape index (κ3) is 19.0. The van der Waals surface area contributed by atoms with Gasteiger partial charge >= 0.3 is 0 Å². The molecule has 0 bridgehead atoms. The summed E-state index contributed by atoms with van der Waals surface area (Å²) in [6.07, 6.45) is 24.0. The Morgan fingerprint density at radius 2 is 0.505 bits per heavy atom. The second-order valence-electron chi connectivity index (χ2n) is 26.3. The fourth-order valence-corrected chi connectivity index (χ4v) is 13.1. The van der Waals surface area contributed by atoms with E-state index in [-0.39, 0.29) is 0 Å². The summed E-state index contributed by atoms with van der Waals surface area (Å²) in [5.41, 5.74) is 16.7. The first-order chi connectivity index (χ1) is 44.7. The van der Waals surface area contributed by atoms with Crippen molar-refractivity contribution in [3.05, 3.63) is 170 Å². The van der Waals surface area contributed by atoms with Crippen LogP contribution in [0.15, 0.2) is 170 Å². The van der Waals surface area contributed by atoms with Crippen LogP contribution in [0.5, 0.6) is 23.0 Å². The van der Waals surface area contributed by atoms with Crippen molar-refractivity contribution in [2.45, 2.75) is 197 Å². The minimum atomic E-state index is 0.574. The number of rotatable bonds is 39. The summed E-state index contributed by atoms with van der Waals surface area (Å²) < 4.78 is 28.4. The molecule has 0 fully saturated rings. The normalized spacial score (nSPS) is 12.9. The van der Waals surface area contributed by atoms with Crippen molar-refractivity contribution in [1.29, 1.82) is 0 Å². The van der Waals surface area contributed by atoms with Crippen molar-refractivity contribution in [2.75, 3.05) is 26.4 Å². The number of nitrogens with zero attached hydrogens (tertiary/aromatic N) is 1. The summed E-state index contributed by atoms with van der Waals surface area (Å²) in [5.74, 6) is 6.02. The number of unbranched alkanes of at least 4 members (excludes halogenated alkanes) is 7. The average molecular weight is 1220 g/mol. The average Bonchev–Trinajstić information content (AvgIpc) is 1.62. The Labute approximate surface area is 549 Å². The van der Waals surface area contributed by atoms with Crippen LogP contribution in [-0.4, -0.2) is 31.0 Å². The van der Waals surface area contributed by atoms with E-state index in [0.717, 1.165) is 88.1 Å². The van der Waals surface area contributed by atoms with Gasteiger partial charge in [0.1, 0.15) is 23.0 Å². The maximum Gasteiger partial charge on any atom is 0.119 e. The lowest BCUT2D eigenvalue weighted by Crippen LogP contribution is -2.11. The molecule has 0 aliphatic carbocycles. The Balaban J connectivity index is 1.12. The Morgan fingerprint density at radius 3 is 0.758 bits per heavy atom. The summed E-state index contributed by atoms with van der Waals surface area (Å²) in [4.78, 5) is 0. The van der Waals surface area contributed by atoms with Gasteiger partial charge in [0.25, 0.3) is 0 Å². The second kappa shape index (κ2) is 35.5. The molecule has 1 aromatic heterocycles. The number of aromatic nitrogens is 1. The minimum absolute atomic E-state index is 0.574. The highest BCUT2D eigenvalue weighted by Gasteiger charge is 2.18. The molecule has 8 aromatic carbocycles. The zero-order valence-corrected chi connectivity index (χ0v) is 57.2. The van der Waals surface area contributed by atoms with Crippen LogP contribution < -0.4 is 18.9 Å². The molecule has 0 aliphatic heterocycles.